The molecule has 2 aliphatic heterocycles. The summed E-state index contributed by atoms with van der Waals surface area (Å²) in [6, 6.07) is -0.814. The molecule has 0 radical (unpaired) electrons. The van der Waals surface area contributed by atoms with E-state index in [1.165, 1.54) is 25.7 Å². The van der Waals surface area contributed by atoms with E-state index in [1.54, 1.807) is 0 Å². The fourth-order valence-electron chi connectivity index (χ4n) is 3.20. The number of ether oxygens (including phenoxy) is 3. The summed E-state index contributed by atoms with van der Waals surface area (Å²) in [6.07, 6.45) is -0.144. The quantitative estimate of drug-likeness (QED) is 0.539. The molecule has 2 atom stereocenters. The van der Waals surface area contributed by atoms with Crippen LogP contribution in [0.5, 0.6) is 0 Å². The van der Waals surface area contributed by atoms with Gasteiger partial charge in [-0.3, -0.25) is 19.2 Å². The lowest BCUT2D eigenvalue weighted by atomic mass is 9.92. The number of nitrogens with zero attached hydrogens (tertiary/aromatic N) is 1. The van der Waals surface area contributed by atoms with Crippen LogP contribution in [0.4, 0.5) is 0 Å². The molecule has 2 saturated heterocycles. The van der Waals surface area contributed by atoms with Gasteiger partial charge in [-0.1, -0.05) is 0 Å². The summed E-state index contributed by atoms with van der Waals surface area (Å²) in [4.78, 5) is 47.7. The fraction of sp³-hybridized carbons (Fsp3) is 0.714. The predicted octanol–water partition coefficient (Wildman–Crippen LogP) is 0.135. The molecule has 0 N–H and O–H groups in total. The molecule has 0 aromatic rings. The van der Waals surface area contributed by atoms with E-state index in [1.807, 2.05) is 0 Å². The van der Waals surface area contributed by atoms with Gasteiger partial charge in [0, 0.05) is 46.6 Å². The fourth-order valence-corrected chi connectivity index (χ4v) is 3.20. The third-order valence-corrected chi connectivity index (χ3v) is 3.75. The summed E-state index contributed by atoms with van der Waals surface area (Å²) in [7, 11) is 0. The Morgan fingerprint density at radius 2 is 1.68 bits per heavy atom. The van der Waals surface area contributed by atoms with E-state index in [0.717, 1.165) is 0 Å². The molecule has 2 aliphatic rings. The highest BCUT2D eigenvalue weighted by atomic mass is 16.7. The lowest BCUT2D eigenvalue weighted by Crippen LogP contribution is -2.63. The maximum absolute atomic E-state index is 12.1. The first-order chi connectivity index (χ1) is 10.2. The van der Waals surface area contributed by atoms with E-state index in [-0.39, 0.29) is 18.7 Å². The first kappa shape index (κ1) is 16.3. The number of amides is 1. The van der Waals surface area contributed by atoms with E-state index in [0.29, 0.717) is 13.0 Å². The number of hydrogen-bond donors (Lipinski definition) is 0. The van der Waals surface area contributed by atoms with Crippen molar-refractivity contribution >= 4 is 23.8 Å². The molecule has 0 saturated carbocycles. The SMILES string of the molecule is CC(=O)OC1CCN2C(=O)CCC(OC(C)=O)(OC(C)=O)C12. The zero-order valence-electron chi connectivity index (χ0n) is 12.8. The van der Waals surface area contributed by atoms with Crippen molar-refractivity contribution in [3.8, 4) is 0 Å². The van der Waals surface area contributed by atoms with Crippen LogP contribution in [-0.2, 0) is 33.4 Å². The second-order valence-corrected chi connectivity index (χ2v) is 5.47. The molecule has 2 fully saturated rings. The van der Waals surface area contributed by atoms with Gasteiger partial charge in [0.2, 0.25) is 5.91 Å². The molecule has 0 spiro atoms. The van der Waals surface area contributed by atoms with Gasteiger partial charge in [-0.2, -0.15) is 0 Å². The number of fused-ring (bicyclic) bond motifs is 1. The molecule has 0 aliphatic carbocycles. The van der Waals surface area contributed by atoms with Crippen LogP contribution in [0.1, 0.15) is 40.0 Å². The molecule has 8 heteroatoms. The van der Waals surface area contributed by atoms with Crippen molar-refractivity contribution in [2.75, 3.05) is 6.54 Å². The number of hydrogen-bond acceptors (Lipinski definition) is 7. The molecular formula is C14H19NO7. The molecule has 2 rings (SSSR count). The lowest BCUT2D eigenvalue weighted by molar-refractivity contribution is -0.262. The molecule has 122 valence electrons. The molecule has 0 aromatic carbocycles. The number of carbonyl (C=O) groups excluding carboxylic acids is 4. The van der Waals surface area contributed by atoms with Crippen molar-refractivity contribution in [2.45, 2.75) is 58.0 Å². The van der Waals surface area contributed by atoms with Gasteiger partial charge in [-0.25, -0.2) is 0 Å². The van der Waals surface area contributed by atoms with Crippen molar-refractivity contribution in [3.05, 3.63) is 0 Å². The summed E-state index contributed by atoms with van der Waals surface area (Å²) in [5, 5.41) is 0. The van der Waals surface area contributed by atoms with Crippen LogP contribution in [0.25, 0.3) is 0 Å². The minimum absolute atomic E-state index is 0.0456. The van der Waals surface area contributed by atoms with Crippen LogP contribution in [0.3, 0.4) is 0 Å². The Kier molecular flexibility index (Phi) is 4.39. The number of piperidine rings is 1. The maximum Gasteiger partial charge on any atom is 0.305 e. The average Bonchev–Trinajstić information content (AvgIpc) is 2.77. The first-order valence-corrected chi connectivity index (χ1v) is 7.11. The van der Waals surface area contributed by atoms with E-state index in [9.17, 15) is 19.2 Å². The standard InChI is InChI=1S/C14H19NO7/c1-8(16)20-11-5-7-15-12(19)4-6-14(13(11)15,21-9(2)17)22-10(3)18/h11,13H,4-7H2,1-3H3. The van der Waals surface area contributed by atoms with Gasteiger partial charge in [-0.05, 0) is 0 Å². The van der Waals surface area contributed by atoms with Crippen LogP contribution >= 0.6 is 0 Å². The van der Waals surface area contributed by atoms with Gasteiger partial charge in [0.15, 0.2) is 0 Å². The Labute approximate surface area is 127 Å². The van der Waals surface area contributed by atoms with Gasteiger partial charge in [0.1, 0.15) is 12.1 Å². The maximum atomic E-state index is 12.1. The van der Waals surface area contributed by atoms with Crippen molar-refractivity contribution in [3.63, 3.8) is 0 Å². The Hall–Kier alpha value is -2.12. The van der Waals surface area contributed by atoms with E-state index >= 15 is 0 Å². The Morgan fingerprint density at radius 1 is 1.09 bits per heavy atom. The highest BCUT2D eigenvalue weighted by Crippen LogP contribution is 2.40. The summed E-state index contributed by atoms with van der Waals surface area (Å²) in [5.41, 5.74) is 0. The molecule has 2 unspecified atom stereocenters. The normalized spacial score (nSPS) is 26.1. The van der Waals surface area contributed by atoms with Crippen molar-refractivity contribution in [2.24, 2.45) is 0 Å². The van der Waals surface area contributed by atoms with Crippen LogP contribution in [0.2, 0.25) is 0 Å². The number of rotatable bonds is 3. The Bertz CT molecular complexity index is 499. The van der Waals surface area contributed by atoms with Crippen molar-refractivity contribution in [1.29, 1.82) is 0 Å². The first-order valence-electron chi connectivity index (χ1n) is 7.11. The molecule has 22 heavy (non-hydrogen) atoms. The van der Waals surface area contributed by atoms with Crippen molar-refractivity contribution in [1.82, 2.24) is 4.90 Å². The zero-order chi connectivity index (χ0) is 16.5. The van der Waals surface area contributed by atoms with Gasteiger partial charge >= 0.3 is 17.9 Å². The van der Waals surface area contributed by atoms with Crippen LogP contribution in [0, 0.1) is 0 Å². The Morgan fingerprint density at radius 3 is 2.18 bits per heavy atom. The second-order valence-electron chi connectivity index (χ2n) is 5.47. The summed E-state index contributed by atoms with van der Waals surface area (Å²) < 4.78 is 15.8. The monoisotopic (exact) mass is 313 g/mol. The molecule has 0 bridgehead atoms. The lowest BCUT2D eigenvalue weighted by Gasteiger charge is -2.45. The topological polar surface area (TPSA) is 99.2 Å². The number of esters is 3. The zero-order valence-corrected chi connectivity index (χ0v) is 12.8. The molecule has 0 aromatic heterocycles. The molecule has 8 nitrogen and oxygen atoms in total. The Balaban J connectivity index is 2.39. The van der Waals surface area contributed by atoms with Crippen LogP contribution < -0.4 is 0 Å². The predicted molar refractivity (Wildman–Crippen MR) is 71.2 cm³/mol. The smallest absolute Gasteiger partial charge is 0.305 e. The highest BCUT2D eigenvalue weighted by Gasteiger charge is 2.60. The van der Waals surface area contributed by atoms with Crippen LogP contribution in [-0.4, -0.2) is 53.2 Å². The summed E-state index contributed by atoms with van der Waals surface area (Å²) in [6.45, 7) is 4.00. The third kappa shape index (κ3) is 3.05. The average molecular weight is 313 g/mol. The molecule has 1 amide bonds. The summed E-state index contributed by atoms with van der Waals surface area (Å²) in [5.74, 6) is -3.53. The second kappa shape index (κ2) is 5.94. The van der Waals surface area contributed by atoms with E-state index < -0.39 is 35.8 Å². The minimum atomic E-state index is -1.61. The third-order valence-electron chi connectivity index (χ3n) is 3.75. The van der Waals surface area contributed by atoms with Gasteiger partial charge in [-0.15, -0.1) is 0 Å². The largest absolute Gasteiger partial charge is 0.460 e. The molecular weight excluding hydrogens is 294 g/mol. The van der Waals surface area contributed by atoms with Gasteiger partial charge < -0.3 is 19.1 Å². The minimum Gasteiger partial charge on any atom is -0.460 e. The van der Waals surface area contributed by atoms with Gasteiger partial charge in [0.05, 0.1) is 0 Å². The number of carbonyl (C=O) groups is 4. The molecule has 2 heterocycles. The van der Waals surface area contributed by atoms with E-state index in [2.05, 4.69) is 0 Å². The van der Waals surface area contributed by atoms with Crippen molar-refractivity contribution < 1.29 is 33.4 Å². The highest BCUT2D eigenvalue weighted by molar-refractivity contribution is 5.79. The van der Waals surface area contributed by atoms with Gasteiger partial charge in [0.25, 0.3) is 5.79 Å². The van der Waals surface area contributed by atoms with E-state index in [4.69, 9.17) is 14.2 Å². The summed E-state index contributed by atoms with van der Waals surface area (Å²) >= 11 is 0. The van der Waals surface area contributed by atoms with Crippen LogP contribution in [0.15, 0.2) is 0 Å².